The molecule has 0 radical (unpaired) electrons. The first-order chi connectivity index (χ1) is 10.0. The highest BCUT2D eigenvalue weighted by Crippen LogP contribution is 2.24. The Morgan fingerprint density at radius 2 is 1.95 bits per heavy atom. The van der Waals surface area contributed by atoms with Crippen molar-refractivity contribution >= 4 is 15.9 Å². The van der Waals surface area contributed by atoms with Gasteiger partial charge in [0.2, 0.25) is 0 Å². The third-order valence-electron chi connectivity index (χ3n) is 3.35. The highest BCUT2D eigenvalue weighted by atomic mass is 79.9. The van der Waals surface area contributed by atoms with E-state index in [1.807, 2.05) is 12.1 Å². The minimum atomic E-state index is 0.170. The number of rotatable bonds is 10. The molecule has 4 heteroatoms. The van der Waals surface area contributed by atoms with Crippen LogP contribution >= 0.6 is 15.9 Å². The zero-order valence-corrected chi connectivity index (χ0v) is 15.0. The van der Waals surface area contributed by atoms with E-state index < -0.39 is 0 Å². The van der Waals surface area contributed by atoms with Crippen LogP contribution in [0.1, 0.15) is 39.2 Å². The number of hydrogen-bond donors (Lipinski definition) is 1. The molecule has 0 bridgehead atoms. The van der Waals surface area contributed by atoms with Gasteiger partial charge in [0.1, 0.15) is 12.4 Å². The number of ether oxygens (including phenoxy) is 2. The zero-order valence-electron chi connectivity index (χ0n) is 13.4. The first kappa shape index (κ1) is 18.5. The summed E-state index contributed by atoms with van der Waals surface area (Å²) < 4.78 is 12.5. The van der Waals surface area contributed by atoms with Gasteiger partial charge in [0, 0.05) is 17.1 Å². The molecule has 1 atom stereocenters. The van der Waals surface area contributed by atoms with Crippen LogP contribution in [0.4, 0.5) is 0 Å². The molecule has 21 heavy (non-hydrogen) atoms. The summed E-state index contributed by atoms with van der Waals surface area (Å²) in [6.45, 7) is 8.51. The minimum absolute atomic E-state index is 0.170. The quantitative estimate of drug-likeness (QED) is 0.639. The molecule has 2 N–H and O–H groups in total. The van der Waals surface area contributed by atoms with Crippen LogP contribution in [0.15, 0.2) is 22.7 Å². The molecule has 120 valence electrons. The highest BCUT2D eigenvalue weighted by Gasteiger charge is 2.09. The second-order valence-electron chi connectivity index (χ2n) is 5.77. The lowest BCUT2D eigenvalue weighted by atomic mass is 10.0. The van der Waals surface area contributed by atoms with E-state index in [-0.39, 0.29) is 6.04 Å². The smallest absolute Gasteiger partial charge is 0.122 e. The molecule has 0 aliphatic carbocycles. The van der Waals surface area contributed by atoms with Crippen LogP contribution in [-0.2, 0) is 11.2 Å². The lowest BCUT2D eigenvalue weighted by Crippen LogP contribution is -2.22. The van der Waals surface area contributed by atoms with E-state index in [4.69, 9.17) is 15.2 Å². The molecule has 0 aliphatic rings. The fraction of sp³-hybridized carbons (Fsp3) is 0.647. The Kier molecular flexibility index (Phi) is 8.97. The van der Waals surface area contributed by atoms with Gasteiger partial charge in [-0.2, -0.15) is 0 Å². The Morgan fingerprint density at radius 3 is 2.62 bits per heavy atom. The molecule has 1 rings (SSSR count). The fourth-order valence-electron chi connectivity index (χ4n) is 1.91. The first-order valence-electron chi connectivity index (χ1n) is 7.77. The maximum atomic E-state index is 6.05. The normalized spacial score (nSPS) is 12.7. The van der Waals surface area contributed by atoms with Gasteiger partial charge in [-0.15, -0.1) is 0 Å². The molecule has 1 aromatic carbocycles. The molecule has 0 aliphatic heterocycles. The van der Waals surface area contributed by atoms with Gasteiger partial charge < -0.3 is 15.2 Å². The SMILES string of the molecule is CCC(N)Cc1cc(Br)ccc1OCCOCCC(C)C. The molecule has 1 unspecified atom stereocenters. The number of hydrogen-bond acceptors (Lipinski definition) is 3. The standard InChI is InChI=1S/C17H28BrNO2/c1-4-16(19)12-14-11-15(18)5-6-17(14)21-10-9-20-8-7-13(2)3/h5-6,11,13,16H,4,7-10,12,19H2,1-3H3. The molecule has 0 amide bonds. The van der Waals surface area contributed by atoms with Crippen LogP contribution in [0, 0.1) is 5.92 Å². The topological polar surface area (TPSA) is 44.5 Å². The van der Waals surface area contributed by atoms with E-state index in [1.54, 1.807) is 0 Å². The van der Waals surface area contributed by atoms with Crippen molar-refractivity contribution in [1.82, 2.24) is 0 Å². The van der Waals surface area contributed by atoms with Crippen molar-refractivity contribution in [3.05, 3.63) is 28.2 Å². The van der Waals surface area contributed by atoms with Crippen LogP contribution in [0.3, 0.4) is 0 Å². The molecule has 3 nitrogen and oxygen atoms in total. The predicted molar refractivity (Wildman–Crippen MR) is 91.9 cm³/mol. The van der Waals surface area contributed by atoms with Crippen molar-refractivity contribution in [3.63, 3.8) is 0 Å². The van der Waals surface area contributed by atoms with Gasteiger partial charge in [-0.25, -0.2) is 0 Å². The van der Waals surface area contributed by atoms with Gasteiger partial charge in [-0.1, -0.05) is 36.7 Å². The maximum Gasteiger partial charge on any atom is 0.122 e. The third-order valence-corrected chi connectivity index (χ3v) is 3.85. The maximum absolute atomic E-state index is 6.05. The van der Waals surface area contributed by atoms with E-state index in [0.717, 1.165) is 41.7 Å². The molecular weight excluding hydrogens is 330 g/mol. The third kappa shape index (κ3) is 7.84. The van der Waals surface area contributed by atoms with Crippen molar-refractivity contribution in [2.75, 3.05) is 19.8 Å². The average Bonchev–Trinajstić information content (AvgIpc) is 2.44. The summed E-state index contributed by atoms with van der Waals surface area (Å²) >= 11 is 3.50. The highest BCUT2D eigenvalue weighted by molar-refractivity contribution is 9.10. The number of benzene rings is 1. The Labute approximate surface area is 137 Å². The summed E-state index contributed by atoms with van der Waals surface area (Å²) in [4.78, 5) is 0. The second-order valence-corrected chi connectivity index (χ2v) is 6.68. The molecular formula is C17H28BrNO2. The van der Waals surface area contributed by atoms with Gasteiger partial charge >= 0.3 is 0 Å². The van der Waals surface area contributed by atoms with Crippen molar-refractivity contribution in [1.29, 1.82) is 0 Å². The minimum Gasteiger partial charge on any atom is -0.491 e. The van der Waals surface area contributed by atoms with Crippen LogP contribution in [0.2, 0.25) is 0 Å². The Morgan fingerprint density at radius 1 is 1.19 bits per heavy atom. The Bertz CT molecular complexity index is 410. The van der Waals surface area contributed by atoms with Crippen molar-refractivity contribution in [2.24, 2.45) is 11.7 Å². The molecule has 1 aromatic rings. The van der Waals surface area contributed by atoms with Crippen LogP contribution < -0.4 is 10.5 Å². The van der Waals surface area contributed by atoms with E-state index in [9.17, 15) is 0 Å². The fourth-order valence-corrected chi connectivity index (χ4v) is 2.32. The van der Waals surface area contributed by atoms with Gasteiger partial charge in [0.15, 0.2) is 0 Å². The lowest BCUT2D eigenvalue weighted by Gasteiger charge is -2.15. The Hall–Kier alpha value is -0.580. The summed E-state index contributed by atoms with van der Waals surface area (Å²) in [6, 6.07) is 6.25. The number of nitrogens with two attached hydrogens (primary N) is 1. The molecule has 0 spiro atoms. The van der Waals surface area contributed by atoms with Crippen LogP contribution in [0.25, 0.3) is 0 Å². The van der Waals surface area contributed by atoms with Crippen LogP contribution in [-0.4, -0.2) is 25.9 Å². The summed E-state index contributed by atoms with van der Waals surface area (Å²) in [6.07, 6.45) is 2.89. The largest absolute Gasteiger partial charge is 0.491 e. The van der Waals surface area contributed by atoms with Gasteiger partial charge in [0.25, 0.3) is 0 Å². The molecule has 0 fully saturated rings. The van der Waals surface area contributed by atoms with Gasteiger partial charge in [0.05, 0.1) is 6.61 Å². The summed E-state index contributed by atoms with van der Waals surface area (Å²) in [5.74, 6) is 1.59. The summed E-state index contributed by atoms with van der Waals surface area (Å²) in [5, 5.41) is 0. The summed E-state index contributed by atoms with van der Waals surface area (Å²) in [7, 11) is 0. The van der Waals surface area contributed by atoms with Crippen LogP contribution in [0.5, 0.6) is 5.75 Å². The van der Waals surface area contributed by atoms with Gasteiger partial charge in [-0.3, -0.25) is 0 Å². The lowest BCUT2D eigenvalue weighted by molar-refractivity contribution is 0.0922. The summed E-state index contributed by atoms with van der Waals surface area (Å²) in [5.41, 5.74) is 7.20. The van der Waals surface area contributed by atoms with E-state index >= 15 is 0 Å². The molecule has 0 saturated heterocycles. The van der Waals surface area contributed by atoms with Gasteiger partial charge in [-0.05, 0) is 48.9 Å². The second kappa shape index (κ2) is 10.2. The molecule has 0 saturated carbocycles. The molecule has 0 heterocycles. The zero-order chi connectivity index (χ0) is 15.7. The van der Waals surface area contributed by atoms with Crippen molar-refractivity contribution in [2.45, 2.75) is 46.1 Å². The van der Waals surface area contributed by atoms with Crippen molar-refractivity contribution in [3.8, 4) is 5.75 Å². The van der Waals surface area contributed by atoms with E-state index in [0.29, 0.717) is 19.1 Å². The Balaban J connectivity index is 2.43. The van der Waals surface area contributed by atoms with Crippen molar-refractivity contribution < 1.29 is 9.47 Å². The first-order valence-corrected chi connectivity index (χ1v) is 8.56. The van der Waals surface area contributed by atoms with E-state index in [2.05, 4.69) is 42.8 Å². The van der Waals surface area contributed by atoms with E-state index in [1.165, 1.54) is 0 Å². The number of halogens is 1. The molecule has 0 aromatic heterocycles. The predicted octanol–water partition coefficient (Wildman–Crippen LogP) is 4.17. The monoisotopic (exact) mass is 357 g/mol. The average molecular weight is 358 g/mol.